The van der Waals surface area contributed by atoms with Gasteiger partial charge in [0, 0.05) is 6.07 Å². The number of aromatic amines is 1. The summed E-state index contributed by atoms with van der Waals surface area (Å²) in [6.07, 6.45) is -2.99. The molecule has 0 radical (unpaired) electrons. The van der Waals surface area contributed by atoms with E-state index in [0.29, 0.717) is 0 Å². The highest BCUT2D eigenvalue weighted by Gasteiger charge is 2.16. The largest absolute Gasteiger partial charge is 0.319 e. The predicted octanol–water partition coefficient (Wildman–Crippen LogP) is 2.06. The van der Waals surface area contributed by atoms with Gasteiger partial charge in [0.2, 0.25) is 5.56 Å². The van der Waals surface area contributed by atoms with Gasteiger partial charge in [0.05, 0.1) is 3.57 Å². The highest BCUT2D eigenvalue weighted by Crippen LogP contribution is 2.20. The van der Waals surface area contributed by atoms with Crippen LogP contribution in [0.1, 0.15) is 12.1 Å². The van der Waals surface area contributed by atoms with Crippen LogP contribution in [0.5, 0.6) is 0 Å². The van der Waals surface area contributed by atoms with Crippen molar-refractivity contribution in [2.75, 3.05) is 0 Å². The van der Waals surface area contributed by atoms with E-state index >= 15 is 0 Å². The average Bonchev–Trinajstić information content (AvgIpc) is 1.96. The number of alkyl halides is 2. The molecule has 0 aromatic carbocycles. The second kappa shape index (κ2) is 3.46. The van der Waals surface area contributed by atoms with Gasteiger partial charge >= 0.3 is 0 Å². The van der Waals surface area contributed by atoms with E-state index in [2.05, 4.69) is 0 Å². The molecule has 0 atom stereocenters. The van der Waals surface area contributed by atoms with Gasteiger partial charge in [-0.2, -0.15) is 0 Å². The van der Waals surface area contributed by atoms with E-state index in [1.807, 2.05) is 0 Å². The lowest BCUT2D eigenvalue weighted by molar-refractivity contribution is 0.140. The molecule has 1 aromatic rings. The van der Waals surface area contributed by atoms with Crippen molar-refractivity contribution in [3.63, 3.8) is 0 Å². The third-order valence-electron chi connectivity index (χ3n) is 1.18. The lowest BCUT2D eigenvalue weighted by Crippen LogP contribution is -2.12. The lowest BCUT2D eigenvalue weighted by atomic mass is 10.3. The maximum atomic E-state index is 12.8. The van der Waals surface area contributed by atoms with Gasteiger partial charge < -0.3 is 4.98 Å². The first-order valence-corrected chi connectivity index (χ1v) is 3.96. The fraction of sp³-hybridized carbons (Fsp3) is 0.167. The van der Waals surface area contributed by atoms with Crippen LogP contribution in [-0.2, 0) is 0 Å². The number of aromatic nitrogens is 1. The number of hydrogen-bond acceptors (Lipinski definition) is 1. The van der Waals surface area contributed by atoms with E-state index in [1.165, 1.54) is 22.6 Å². The van der Waals surface area contributed by atoms with Crippen molar-refractivity contribution in [2.45, 2.75) is 6.43 Å². The fourth-order valence-electron chi connectivity index (χ4n) is 0.681. The van der Waals surface area contributed by atoms with Crippen molar-refractivity contribution >= 4 is 22.6 Å². The maximum absolute atomic E-state index is 12.8. The van der Waals surface area contributed by atoms with Crippen molar-refractivity contribution in [1.82, 2.24) is 4.98 Å². The Morgan fingerprint density at radius 1 is 1.50 bits per heavy atom. The minimum absolute atomic E-state index is 0.105. The van der Waals surface area contributed by atoms with Crippen molar-refractivity contribution in [3.8, 4) is 0 Å². The summed E-state index contributed by atoms with van der Waals surface area (Å²) in [5, 5.41) is 0. The van der Waals surface area contributed by atoms with Crippen LogP contribution in [0.3, 0.4) is 0 Å². The molecule has 0 saturated carbocycles. The molecule has 0 unspecified atom stereocenters. The highest BCUT2D eigenvalue weighted by atomic mass is 127. The molecule has 66 valence electrons. The summed E-state index contributed by atoms with van der Waals surface area (Å²) in [4.78, 5) is 12.3. The minimum Gasteiger partial charge on any atom is -0.319 e. The summed E-state index contributed by atoms with van der Waals surface area (Å²) in [5.74, 6) is -1.06. The third kappa shape index (κ3) is 1.79. The zero-order valence-corrected chi connectivity index (χ0v) is 7.73. The van der Waals surface area contributed by atoms with Gasteiger partial charge in [0.15, 0.2) is 5.82 Å². The first kappa shape index (κ1) is 9.56. The number of halogens is 4. The Morgan fingerprint density at radius 3 is 2.58 bits per heavy atom. The van der Waals surface area contributed by atoms with Crippen LogP contribution < -0.4 is 5.56 Å². The predicted molar refractivity (Wildman–Crippen MR) is 44.7 cm³/mol. The molecule has 0 aliphatic heterocycles. The number of nitrogens with one attached hydrogen (secondary N) is 1. The summed E-state index contributed by atoms with van der Waals surface area (Å²) < 4.78 is 36.6. The molecule has 0 spiro atoms. The van der Waals surface area contributed by atoms with E-state index < -0.39 is 23.5 Å². The molecule has 0 aliphatic carbocycles. The number of pyridine rings is 1. The molecular formula is C6H3F3INO. The molecule has 1 heterocycles. The Kier molecular flexibility index (Phi) is 2.76. The van der Waals surface area contributed by atoms with Crippen LogP contribution in [0, 0.1) is 9.39 Å². The zero-order valence-electron chi connectivity index (χ0n) is 5.57. The van der Waals surface area contributed by atoms with Crippen molar-refractivity contribution in [2.24, 2.45) is 0 Å². The highest BCUT2D eigenvalue weighted by molar-refractivity contribution is 14.1. The van der Waals surface area contributed by atoms with Gasteiger partial charge in [0.25, 0.3) is 6.43 Å². The van der Waals surface area contributed by atoms with Gasteiger partial charge in [0.1, 0.15) is 5.69 Å². The molecular weight excluding hydrogens is 286 g/mol. The molecule has 12 heavy (non-hydrogen) atoms. The molecule has 0 aliphatic rings. The Hall–Kier alpha value is -0.530. The topological polar surface area (TPSA) is 32.9 Å². The van der Waals surface area contributed by atoms with Gasteiger partial charge in [-0.3, -0.25) is 4.79 Å². The standard InChI is InChI=1S/C6H3F3INO/c7-4-2(10)1-3(12)11-5(4)6(8)9/h1,6H,(H,11,12). The van der Waals surface area contributed by atoms with E-state index in [0.717, 1.165) is 6.07 Å². The second-order valence-corrected chi connectivity index (χ2v) is 3.17. The Labute approximate surface area is 78.9 Å². The van der Waals surface area contributed by atoms with Crippen LogP contribution in [0.15, 0.2) is 10.9 Å². The van der Waals surface area contributed by atoms with E-state index in [1.54, 1.807) is 4.98 Å². The molecule has 0 saturated heterocycles. The molecule has 1 rings (SSSR count). The molecule has 6 heteroatoms. The molecule has 1 aromatic heterocycles. The van der Waals surface area contributed by atoms with Gasteiger partial charge in [-0.1, -0.05) is 0 Å². The van der Waals surface area contributed by atoms with Crippen molar-refractivity contribution < 1.29 is 13.2 Å². The summed E-state index contributed by atoms with van der Waals surface area (Å²) >= 11 is 1.48. The third-order valence-corrected chi connectivity index (χ3v) is 1.97. The lowest BCUT2D eigenvalue weighted by Gasteiger charge is -2.01. The number of H-pyrrole nitrogens is 1. The number of hydrogen-bond donors (Lipinski definition) is 1. The Morgan fingerprint density at radius 2 is 2.08 bits per heavy atom. The van der Waals surface area contributed by atoms with E-state index in [4.69, 9.17) is 0 Å². The average molecular weight is 289 g/mol. The van der Waals surface area contributed by atoms with Gasteiger partial charge in [-0.15, -0.1) is 0 Å². The smallest absolute Gasteiger partial charge is 0.281 e. The van der Waals surface area contributed by atoms with Gasteiger partial charge in [-0.05, 0) is 22.6 Å². The first-order chi connectivity index (χ1) is 5.52. The second-order valence-electron chi connectivity index (χ2n) is 2.01. The maximum Gasteiger partial charge on any atom is 0.281 e. The van der Waals surface area contributed by atoms with E-state index in [-0.39, 0.29) is 3.57 Å². The minimum atomic E-state index is -2.99. The van der Waals surface area contributed by atoms with Crippen molar-refractivity contribution in [3.05, 3.63) is 31.5 Å². The fourth-order valence-corrected chi connectivity index (χ4v) is 1.25. The SMILES string of the molecule is O=c1cc(I)c(F)c(C(F)F)[nH]1. The van der Waals surface area contributed by atoms with E-state index in [9.17, 15) is 18.0 Å². The summed E-state index contributed by atoms with van der Waals surface area (Å²) in [6.45, 7) is 0. The Balaban J connectivity index is 3.38. The van der Waals surface area contributed by atoms with Crippen molar-refractivity contribution in [1.29, 1.82) is 0 Å². The van der Waals surface area contributed by atoms with Crippen LogP contribution >= 0.6 is 22.6 Å². The molecule has 0 fully saturated rings. The van der Waals surface area contributed by atoms with Crippen LogP contribution in [0.25, 0.3) is 0 Å². The van der Waals surface area contributed by atoms with Crippen LogP contribution in [0.2, 0.25) is 0 Å². The molecule has 1 N–H and O–H groups in total. The summed E-state index contributed by atoms with van der Waals surface area (Å²) in [6, 6.07) is 0.918. The summed E-state index contributed by atoms with van der Waals surface area (Å²) in [5.41, 5.74) is -1.68. The Bertz CT molecular complexity index is 349. The summed E-state index contributed by atoms with van der Waals surface area (Å²) in [7, 11) is 0. The first-order valence-electron chi connectivity index (χ1n) is 2.88. The van der Waals surface area contributed by atoms with Crippen LogP contribution in [-0.4, -0.2) is 4.98 Å². The normalized spacial score (nSPS) is 10.8. The molecule has 2 nitrogen and oxygen atoms in total. The van der Waals surface area contributed by atoms with Crippen LogP contribution in [0.4, 0.5) is 13.2 Å². The quantitative estimate of drug-likeness (QED) is 0.789. The number of rotatable bonds is 1. The monoisotopic (exact) mass is 289 g/mol. The molecule has 0 amide bonds. The van der Waals surface area contributed by atoms with Gasteiger partial charge in [-0.25, -0.2) is 13.2 Å². The zero-order chi connectivity index (χ0) is 9.30. The molecule has 0 bridgehead atoms.